The first-order valence-corrected chi connectivity index (χ1v) is 6.24. The molecule has 1 aromatic carbocycles. The Bertz CT molecular complexity index is 719. The molecule has 0 saturated heterocycles. The van der Waals surface area contributed by atoms with Gasteiger partial charge in [-0.3, -0.25) is 9.59 Å². The van der Waals surface area contributed by atoms with Gasteiger partial charge < -0.3 is 9.84 Å². The van der Waals surface area contributed by atoms with Gasteiger partial charge in [-0.05, 0) is 24.1 Å². The molecule has 20 heavy (non-hydrogen) atoms. The summed E-state index contributed by atoms with van der Waals surface area (Å²) in [6.45, 7) is 3.63. The zero-order chi connectivity index (χ0) is 14.9. The van der Waals surface area contributed by atoms with Crippen molar-refractivity contribution in [2.45, 2.75) is 26.3 Å². The van der Waals surface area contributed by atoms with Gasteiger partial charge in [0.25, 0.3) is 5.56 Å². The van der Waals surface area contributed by atoms with Gasteiger partial charge in [-0.25, -0.2) is 4.68 Å². The van der Waals surface area contributed by atoms with Crippen LogP contribution in [-0.4, -0.2) is 28.0 Å². The van der Waals surface area contributed by atoms with E-state index in [1.807, 2.05) is 13.8 Å². The third kappa shape index (κ3) is 2.49. The predicted octanol–water partition coefficient (Wildman–Crippen LogP) is 1.40. The number of phenolic OH excluding ortho intramolecular Hbond substituents is 1. The van der Waals surface area contributed by atoms with Gasteiger partial charge in [-0.1, -0.05) is 13.8 Å². The van der Waals surface area contributed by atoms with Crippen LogP contribution in [0, 0.1) is 0 Å². The summed E-state index contributed by atoms with van der Waals surface area (Å²) in [5.74, 6) is -0.414. The molecule has 0 saturated carbocycles. The molecule has 1 heterocycles. The Kier molecular flexibility index (Phi) is 3.74. The topological polar surface area (TPSA) is 81.4 Å². The van der Waals surface area contributed by atoms with E-state index in [0.717, 1.165) is 4.68 Å². The number of rotatable bonds is 3. The molecule has 2 rings (SSSR count). The fourth-order valence-electron chi connectivity index (χ4n) is 2.02. The van der Waals surface area contributed by atoms with Crippen molar-refractivity contribution in [3.05, 3.63) is 34.2 Å². The van der Waals surface area contributed by atoms with Crippen molar-refractivity contribution in [3.8, 4) is 5.75 Å². The maximum absolute atomic E-state index is 12.3. The first-order valence-electron chi connectivity index (χ1n) is 6.24. The summed E-state index contributed by atoms with van der Waals surface area (Å²) in [6.07, 6.45) is 0. The second-order valence-corrected chi connectivity index (χ2v) is 4.81. The number of ether oxygens (including phenoxy) is 1. The molecule has 0 atom stereocenters. The van der Waals surface area contributed by atoms with Crippen molar-refractivity contribution in [1.29, 1.82) is 0 Å². The SMILES string of the molecule is COC(=O)Cn1nc(C(C)C)c2cc(O)ccc2c1=O. The Balaban J connectivity index is 2.73. The van der Waals surface area contributed by atoms with Crippen molar-refractivity contribution in [3.63, 3.8) is 0 Å². The average Bonchev–Trinajstić information content (AvgIpc) is 2.41. The number of aromatic hydroxyl groups is 1. The minimum absolute atomic E-state index is 0.0452. The highest BCUT2D eigenvalue weighted by Crippen LogP contribution is 2.24. The minimum Gasteiger partial charge on any atom is -0.508 e. The second kappa shape index (κ2) is 5.32. The van der Waals surface area contributed by atoms with Gasteiger partial charge in [0.2, 0.25) is 0 Å². The van der Waals surface area contributed by atoms with Gasteiger partial charge in [-0.2, -0.15) is 5.10 Å². The van der Waals surface area contributed by atoms with Crippen molar-refractivity contribution >= 4 is 16.7 Å². The maximum atomic E-state index is 12.3. The number of benzene rings is 1. The zero-order valence-electron chi connectivity index (χ0n) is 11.6. The summed E-state index contributed by atoms with van der Waals surface area (Å²) in [4.78, 5) is 23.6. The summed E-state index contributed by atoms with van der Waals surface area (Å²) in [5, 5.41) is 14.8. The Labute approximate surface area is 115 Å². The van der Waals surface area contributed by atoms with Crippen LogP contribution >= 0.6 is 0 Å². The Hall–Kier alpha value is -2.37. The minimum atomic E-state index is -0.535. The lowest BCUT2D eigenvalue weighted by atomic mass is 10.0. The molecule has 0 aliphatic heterocycles. The normalized spacial score (nSPS) is 11.0. The molecule has 6 heteroatoms. The van der Waals surface area contributed by atoms with Gasteiger partial charge >= 0.3 is 5.97 Å². The highest BCUT2D eigenvalue weighted by atomic mass is 16.5. The van der Waals surface area contributed by atoms with E-state index < -0.39 is 5.97 Å². The van der Waals surface area contributed by atoms with Gasteiger partial charge in [0.1, 0.15) is 12.3 Å². The number of esters is 1. The van der Waals surface area contributed by atoms with E-state index in [9.17, 15) is 14.7 Å². The smallest absolute Gasteiger partial charge is 0.327 e. The lowest BCUT2D eigenvalue weighted by Crippen LogP contribution is -2.28. The molecular formula is C14H16N2O4. The Morgan fingerprint density at radius 3 is 2.70 bits per heavy atom. The number of hydrogen-bond acceptors (Lipinski definition) is 5. The van der Waals surface area contributed by atoms with E-state index >= 15 is 0 Å². The highest BCUT2D eigenvalue weighted by molar-refractivity contribution is 5.85. The monoisotopic (exact) mass is 276 g/mol. The van der Waals surface area contributed by atoms with Crippen LogP contribution in [0.5, 0.6) is 5.75 Å². The fraction of sp³-hybridized carbons (Fsp3) is 0.357. The number of carbonyl (C=O) groups excluding carboxylic acids is 1. The van der Waals surface area contributed by atoms with E-state index in [1.54, 1.807) is 0 Å². The van der Waals surface area contributed by atoms with Crippen LogP contribution in [0.25, 0.3) is 10.8 Å². The van der Waals surface area contributed by atoms with E-state index in [-0.39, 0.29) is 23.8 Å². The first kappa shape index (κ1) is 14.0. The Morgan fingerprint density at radius 2 is 2.10 bits per heavy atom. The standard InChI is InChI=1S/C14H16N2O4/c1-8(2)13-11-6-9(17)4-5-10(11)14(19)16(15-13)7-12(18)20-3/h4-6,8,17H,7H2,1-3H3. The van der Waals surface area contributed by atoms with Gasteiger partial charge in [0, 0.05) is 5.39 Å². The fourth-order valence-corrected chi connectivity index (χ4v) is 2.02. The summed E-state index contributed by atoms with van der Waals surface area (Å²) in [5.41, 5.74) is 0.272. The zero-order valence-corrected chi connectivity index (χ0v) is 11.6. The number of nitrogens with zero attached hydrogens (tertiary/aromatic N) is 2. The highest BCUT2D eigenvalue weighted by Gasteiger charge is 2.15. The van der Waals surface area contributed by atoms with Gasteiger partial charge in [-0.15, -0.1) is 0 Å². The third-order valence-electron chi connectivity index (χ3n) is 3.03. The molecule has 0 spiro atoms. The lowest BCUT2D eigenvalue weighted by molar-refractivity contribution is -0.141. The van der Waals surface area contributed by atoms with Crippen LogP contribution in [0.2, 0.25) is 0 Å². The first-order chi connectivity index (χ1) is 9.43. The molecule has 0 aliphatic carbocycles. The number of aromatic nitrogens is 2. The summed E-state index contributed by atoms with van der Waals surface area (Å²) >= 11 is 0. The van der Waals surface area contributed by atoms with E-state index in [2.05, 4.69) is 9.84 Å². The lowest BCUT2D eigenvalue weighted by Gasteiger charge is -2.12. The van der Waals surface area contributed by atoms with Crippen molar-refractivity contribution < 1.29 is 14.6 Å². The molecule has 6 nitrogen and oxygen atoms in total. The van der Waals surface area contributed by atoms with Gasteiger partial charge in [0.05, 0.1) is 18.2 Å². The van der Waals surface area contributed by atoms with E-state index in [4.69, 9.17) is 0 Å². The second-order valence-electron chi connectivity index (χ2n) is 4.81. The van der Waals surface area contributed by atoms with Crippen molar-refractivity contribution in [2.24, 2.45) is 0 Å². The third-order valence-corrected chi connectivity index (χ3v) is 3.03. The van der Waals surface area contributed by atoms with Crippen LogP contribution < -0.4 is 5.56 Å². The number of fused-ring (bicyclic) bond motifs is 1. The molecule has 0 radical (unpaired) electrons. The number of methoxy groups -OCH3 is 1. The molecule has 2 aromatic rings. The van der Waals surface area contributed by atoms with Crippen molar-refractivity contribution in [2.75, 3.05) is 7.11 Å². The van der Waals surface area contributed by atoms with Crippen LogP contribution in [0.1, 0.15) is 25.5 Å². The molecule has 106 valence electrons. The Morgan fingerprint density at radius 1 is 1.40 bits per heavy atom. The quantitative estimate of drug-likeness (QED) is 0.857. The molecule has 1 N–H and O–H groups in total. The van der Waals surface area contributed by atoms with Crippen LogP contribution in [0.15, 0.2) is 23.0 Å². The number of hydrogen-bond donors (Lipinski definition) is 1. The molecule has 0 bridgehead atoms. The van der Waals surface area contributed by atoms with Crippen LogP contribution in [0.3, 0.4) is 0 Å². The molecule has 0 amide bonds. The molecule has 1 aromatic heterocycles. The number of carbonyl (C=O) groups is 1. The number of phenols is 1. The molecule has 0 aliphatic rings. The predicted molar refractivity (Wildman–Crippen MR) is 73.8 cm³/mol. The van der Waals surface area contributed by atoms with Crippen LogP contribution in [-0.2, 0) is 16.1 Å². The van der Waals surface area contributed by atoms with E-state index in [1.165, 1.54) is 25.3 Å². The molecule has 0 unspecified atom stereocenters. The van der Waals surface area contributed by atoms with Crippen molar-refractivity contribution in [1.82, 2.24) is 9.78 Å². The summed E-state index contributed by atoms with van der Waals surface area (Å²) < 4.78 is 5.66. The average molecular weight is 276 g/mol. The summed E-state index contributed by atoms with van der Waals surface area (Å²) in [6, 6.07) is 4.49. The largest absolute Gasteiger partial charge is 0.508 e. The van der Waals surface area contributed by atoms with Gasteiger partial charge in [0.15, 0.2) is 0 Å². The van der Waals surface area contributed by atoms with Crippen LogP contribution in [0.4, 0.5) is 0 Å². The summed E-state index contributed by atoms with van der Waals surface area (Å²) in [7, 11) is 1.26. The molecule has 0 fully saturated rings. The maximum Gasteiger partial charge on any atom is 0.327 e. The molecular weight excluding hydrogens is 260 g/mol. The van der Waals surface area contributed by atoms with E-state index in [0.29, 0.717) is 16.5 Å².